The average Bonchev–Trinajstić information content (AvgIpc) is 2.44. The summed E-state index contributed by atoms with van der Waals surface area (Å²) >= 11 is 0. The number of ether oxygens (including phenoxy) is 1. The van der Waals surface area contributed by atoms with Gasteiger partial charge < -0.3 is 15.4 Å². The number of hydrogen-bond donors (Lipinski definition) is 2. The predicted molar refractivity (Wildman–Crippen MR) is 86.9 cm³/mol. The molecule has 0 spiro atoms. The van der Waals surface area contributed by atoms with E-state index >= 15 is 0 Å². The van der Waals surface area contributed by atoms with Gasteiger partial charge in [0.2, 0.25) is 5.91 Å². The van der Waals surface area contributed by atoms with Gasteiger partial charge >= 0.3 is 0 Å². The van der Waals surface area contributed by atoms with Crippen molar-refractivity contribution in [3.05, 3.63) is 29.3 Å². The topological polar surface area (TPSA) is 67.4 Å². The van der Waals surface area contributed by atoms with Crippen molar-refractivity contribution in [3.63, 3.8) is 0 Å². The molecule has 0 aliphatic heterocycles. The van der Waals surface area contributed by atoms with E-state index in [4.69, 9.17) is 4.74 Å². The summed E-state index contributed by atoms with van der Waals surface area (Å²) in [7, 11) is 0. The van der Waals surface area contributed by atoms with E-state index in [1.807, 2.05) is 52.8 Å². The van der Waals surface area contributed by atoms with Crippen LogP contribution < -0.4 is 15.4 Å². The fourth-order valence-corrected chi connectivity index (χ4v) is 1.72. The second kappa shape index (κ2) is 7.82. The Morgan fingerprint density at radius 2 is 1.73 bits per heavy atom. The molecule has 0 aromatic heterocycles. The molecule has 2 N–H and O–H groups in total. The molecule has 0 fully saturated rings. The summed E-state index contributed by atoms with van der Waals surface area (Å²) in [5, 5.41) is 5.49. The number of amides is 2. The summed E-state index contributed by atoms with van der Waals surface area (Å²) in [6.45, 7) is 10.3. The van der Waals surface area contributed by atoms with Gasteiger partial charge in [0, 0.05) is 18.5 Å². The number of nitrogens with one attached hydrogen (secondary N) is 2. The Hall–Kier alpha value is -2.04. The fourth-order valence-electron chi connectivity index (χ4n) is 1.72. The second-order valence-electron chi connectivity index (χ2n) is 6.34. The molecule has 5 nitrogen and oxygen atoms in total. The number of hydrogen-bond acceptors (Lipinski definition) is 3. The summed E-state index contributed by atoms with van der Waals surface area (Å²) in [6, 6.07) is 5.75. The van der Waals surface area contributed by atoms with Gasteiger partial charge in [-0.1, -0.05) is 32.9 Å². The van der Waals surface area contributed by atoms with Crippen molar-refractivity contribution in [2.45, 2.75) is 34.6 Å². The van der Waals surface area contributed by atoms with E-state index in [9.17, 15) is 9.59 Å². The molecule has 0 bridgehead atoms. The van der Waals surface area contributed by atoms with Gasteiger partial charge in [-0.05, 0) is 31.0 Å². The summed E-state index contributed by atoms with van der Waals surface area (Å²) in [6.07, 6.45) is 0. The fraction of sp³-hybridized carbons (Fsp3) is 0.529. The zero-order valence-electron chi connectivity index (χ0n) is 14.1. The monoisotopic (exact) mass is 306 g/mol. The molecule has 2 amide bonds. The molecule has 1 rings (SSSR count). The van der Waals surface area contributed by atoms with E-state index in [1.165, 1.54) is 0 Å². The van der Waals surface area contributed by atoms with Crippen molar-refractivity contribution in [2.24, 2.45) is 5.41 Å². The molecule has 0 atom stereocenters. The van der Waals surface area contributed by atoms with Crippen LogP contribution >= 0.6 is 0 Å². The first-order valence-electron chi connectivity index (χ1n) is 7.46. The Labute approximate surface area is 132 Å². The molecular formula is C17H26N2O3. The molecule has 0 aliphatic rings. The first-order valence-corrected chi connectivity index (χ1v) is 7.46. The molecule has 5 heteroatoms. The van der Waals surface area contributed by atoms with Gasteiger partial charge in [-0.3, -0.25) is 9.59 Å². The summed E-state index contributed by atoms with van der Waals surface area (Å²) in [5.74, 6) is 0.482. The van der Waals surface area contributed by atoms with Crippen molar-refractivity contribution >= 4 is 11.8 Å². The Morgan fingerprint density at radius 1 is 1.09 bits per heavy atom. The largest absolute Gasteiger partial charge is 0.483 e. The maximum absolute atomic E-state index is 11.7. The van der Waals surface area contributed by atoms with Crippen LogP contribution in [0.2, 0.25) is 0 Å². The minimum atomic E-state index is -0.421. The Bertz CT molecular complexity index is 533. The molecular weight excluding hydrogens is 280 g/mol. The van der Waals surface area contributed by atoms with E-state index in [0.29, 0.717) is 13.1 Å². The van der Waals surface area contributed by atoms with Crippen LogP contribution in [0.3, 0.4) is 0 Å². The van der Waals surface area contributed by atoms with Gasteiger partial charge in [0.05, 0.1) is 0 Å². The summed E-state index contributed by atoms with van der Waals surface area (Å²) in [4.78, 5) is 23.3. The molecule has 0 saturated carbocycles. The molecule has 22 heavy (non-hydrogen) atoms. The quantitative estimate of drug-likeness (QED) is 0.790. The zero-order chi connectivity index (χ0) is 16.8. The van der Waals surface area contributed by atoms with Gasteiger partial charge in [-0.25, -0.2) is 0 Å². The van der Waals surface area contributed by atoms with Crippen LogP contribution in [-0.4, -0.2) is 31.5 Å². The second-order valence-corrected chi connectivity index (χ2v) is 6.34. The highest BCUT2D eigenvalue weighted by Gasteiger charge is 2.20. The van der Waals surface area contributed by atoms with Gasteiger partial charge in [-0.2, -0.15) is 0 Å². The zero-order valence-corrected chi connectivity index (χ0v) is 14.1. The lowest BCUT2D eigenvalue weighted by Gasteiger charge is -2.17. The minimum absolute atomic E-state index is 0.0302. The number of benzene rings is 1. The van der Waals surface area contributed by atoms with E-state index in [2.05, 4.69) is 10.6 Å². The Balaban J connectivity index is 2.27. The van der Waals surface area contributed by atoms with E-state index < -0.39 is 5.41 Å². The molecule has 0 aliphatic carbocycles. The maximum Gasteiger partial charge on any atom is 0.258 e. The van der Waals surface area contributed by atoms with Crippen LogP contribution in [0.5, 0.6) is 5.75 Å². The summed E-state index contributed by atoms with van der Waals surface area (Å²) in [5.41, 5.74) is 1.74. The third-order valence-corrected chi connectivity index (χ3v) is 3.33. The normalized spacial score (nSPS) is 11.0. The molecule has 1 aromatic carbocycles. The molecule has 0 unspecified atom stereocenters. The maximum atomic E-state index is 11.7. The number of carbonyl (C=O) groups is 2. The van der Waals surface area contributed by atoms with Crippen molar-refractivity contribution in [2.75, 3.05) is 19.7 Å². The van der Waals surface area contributed by atoms with Crippen LogP contribution in [0, 0.1) is 19.3 Å². The lowest BCUT2D eigenvalue weighted by Crippen LogP contribution is -2.40. The average molecular weight is 306 g/mol. The Morgan fingerprint density at radius 3 is 2.36 bits per heavy atom. The smallest absolute Gasteiger partial charge is 0.258 e. The van der Waals surface area contributed by atoms with Crippen LogP contribution in [0.15, 0.2) is 18.2 Å². The third kappa shape index (κ3) is 5.76. The SMILES string of the molecule is Cc1cccc(OCC(=O)NCCNC(=O)C(C)(C)C)c1C. The first kappa shape index (κ1) is 18.0. The first-order chi connectivity index (χ1) is 10.2. The van der Waals surface area contributed by atoms with Crippen molar-refractivity contribution in [1.29, 1.82) is 0 Å². The molecule has 1 aromatic rings. The van der Waals surface area contributed by atoms with Crippen molar-refractivity contribution in [3.8, 4) is 5.75 Å². The predicted octanol–water partition coefficient (Wildman–Crippen LogP) is 1.96. The van der Waals surface area contributed by atoms with Crippen LogP contribution in [0.25, 0.3) is 0 Å². The number of rotatable bonds is 6. The van der Waals surface area contributed by atoms with Gasteiger partial charge in [0.15, 0.2) is 6.61 Å². The van der Waals surface area contributed by atoms with Crippen molar-refractivity contribution < 1.29 is 14.3 Å². The number of aryl methyl sites for hydroxylation is 1. The molecule has 0 radical (unpaired) electrons. The van der Waals surface area contributed by atoms with E-state index in [-0.39, 0.29) is 18.4 Å². The Kier molecular flexibility index (Phi) is 6.40. The van der Waals surface area contributed by atoms with Crippen LogP contribution in [0.4, 0.5) is 0 Å². The lowest BCUT2D eigenvalue weighted by atomic mass is 9.96. The lowest BCUT2D eigenvalue weighted by molar-refractivity contribution is -0.128. The highest BCUT2D eigenvalue weighted by molar-refractivity contribution is 5.81. The standard InChI is InChI=1S/C17H26N2O3/c1-12-7-6-8-14(13(12)2)22-11-15(20)18-9-10-19-16(21)17(3,4)5/h6-8H,9-11H2,1-5H3,(H,18,20)(H,19,21). The van der Waals surface area contributed by atoms with Gasteiger partial charge in [-0.15, -0.1) is 0 Å². The third-order valence-electron chi connectivity index (χ3n) is 3.33. The van der Waals surface area contributed by atoms with Crippen LogP contribution in [-0.2, 0) is 9.59 Å². The summed E-state index contributed by atoms with van der Waals surface area (Å²) < 4.78 is 5.51. The number of carbonyl (C=O) groups excluding carboxylic acids is 2. The molecule has 0 saturated heterocycles. The molecule has 0 heterocycles. The van der Waals surface area contributed by atoms with E-state index in [1.54, 1.807) is 0 Å². The van der Waals surface area contributed by atoms with E-state index in [0.717, 1.165) is 16.9 Å². The van der Waals surface area contributed by atoms with Crippen molar-refractivity contribution in [1.82, 2.24) is 10.6 Å². The van der Waals surface area contributed by atoms with Crippen LogP contribution in [0.1, 0.15) is 31.9 Å². The van der Waals surface area contributed by atoms with Gasteiger partial charge in [0.1, 0.15) is 5.75 Å². The highest BCUT2D eigenvalue weighted by atomic mass is 16.5. The highest BCUT2D eigenvalue weighted by Crippen LogP contribution is 2.20. The minimum Gasteiger partial charge on any atom is -0.483 e. The molecule has 122 valence electrons. The van der Waals surface area contributed by atoms with Gasteiger partial charge in [0.25, 0.3) is 5.91 Å².